The molecular weight excluding hydrogens is 388 g/mol. The number of carbonyl (C=O) groups is 2. The Kier molecular flexibility index (Phi) is 6.02. The summed E-state index contributed by atoms with van der Waals surface area (Å²) in [5, 5.41) is 4.03. The van der Waals surface area contributed by atoms with Gasteiger partial charge in [-0.15, -0.1) is 0 Å². The summed E-state index contributed by atoms with van der Waals surface area (Å²) in [5.41, 5.74) is 0.945. The van der Waals surface area contributed by atoms with Crippen LogP contribution in [0.5, 0.6) is 0 Å². The highest BCUT2D eigenvalue weighted by Gasteiger charge is 2.48. The minimum Gasteiger partial charge on any atom is -0.369 e. The molecule has 7 heteroatoms. The molecule has 3 fully saturated rings. The molecule has 1 aromatic carbocycles. The van der Waals surface area contributed by atoms with Gasteiger partial charge in [-0.2, -0.15) is 0 Å². The maximum Gasteiger partial charge on any atom is 0.226 e. The van der Waals surface area contributed by atoms with Crippen molar-refractivity contribution in [3.05, 3.63) is 29.3 Å². The molecule has 0 aliphatic carbocycles. The van der Waals surface area contributed by atoms with Gasteiger partial charge in [0.1, 0.15) is 0 Å². The average Bonchev–Trinajstić information content (AvgIpc) is 3.02. The number of hydrogen-bond acceptors (Lipinski definition) is 4. The standard InChI is InChI=1S/C22H31ClN4O2/c1-17(28)26-9-6-22(7-10-26)16-19(24-21(22)29)5-8-25-11-13-27(14-12-25)20-4-2-3-18(23)15-20/h2-4,15,19H,5-14,16H2,1H3,(H,24,29). The predicted octanol–water partition coefficient (Wildman–Crippen LogP) is 2.37. The molecule has 0 aromatic heterocycles. The first-order valence-electron chi connectivity index (χ1n) is 10.7. The fourth-order valence-electron chi connectivity index (χ4n) is 5.05. The number of nitrogens with zero attached hydrogens (tertiary/aromatic N) is 3. The third-order valence-electron chi connectivity index (χ3n) is 6.96. The van der Waals surface area contributed by atoms with E-state index < -0.39 is 0 Å². The van der Waals surface area contributed by atoms with Crippen LogP contribution in [0.1, 0.15) is 32.6 Å². The van der Waals surface area contributed by atoms with E-state index in [1.54, 1.807) is 6.92 Å². The Morgan fingerprint density at radius 3 is 2.55 bits per heavy atom. The number of amides is 2. The highest BCUT2D eigenvalue weighted by molar-refractivity contribution is 6.30. The fraction of sp³-hybridized carbons (Fsp3) is 0.636. The number of piperazine rings is 1. The molecule has 3 aliphatic rings. The van der Waals surface area contributed by atoms with Crippen molar-refractivity contribution in [2.75, 3.05) is 50.7 Å². The smallest absolute Gasteiger partial charge is 0.226 e. The second-order valence-electron chi connectivity index (χ2n) is 8.76. The third kappa shape index (κ3) is 4.53. The zero-order chi connectivity index (χ0) is 20.4. The first-order valence-corrected chi connectivity index (χ1v) is 11.1. The van der Waals surface area contributed by atoms with Gasteiger partial charge in [-0.3, -0.25) is 14.5 Å². The van der Waals surface area contributed by atoms with E-state index in [9.17, 15) is 9.59 Å². The lowest BCUT2D eigenvalue weighted by atomic mass is 9.75. The number of nitrogens with one attached hydrogen (secondary N) is 1. The zero-order valence-electron chi connectivity index (χ0n) is 17.2. The third-order valence-corrected chi connectivity index (χ3v) is 7.19. The van der Waals surface area contributed by atoms with Crippen molar-refractivity contribution in [1.82, 2.24) is 15.1 Å². The van der Waals surface area contributed by atoms with Crippen LogP contribution < -0.4 is 10.2 Å². The summed E-state index contributed by atoms with van der Waals surface area (Å²) in [5.74, 6) is 0.322. The normalized spacial score (nSPS) is 24.8. The summed E-state index contributed by atoms with van der Waals surface area (Å²) in [4.78, 5) is 31.0. The Bertz CT molecular complexity index is 755. The van der Waals surface area contributed by atoms with Gasteiger partial charge in [-0.05, 0) is 43.9 Å². The molecular formula is C22H31ClN4O2. The molecule has 158 valence electrons. The van der Waals surface area contributed by atoms with Crippen LogP contribution in [0.2, 0.25) is 5.02 Å². The van der Waals surface area contributed by atoms with E-state index in [1.165, 1.54) is 5.69 Å². The molecule has 1 spiro atoms. The zero-order valence-corrected chi connectivity index (χ0v) is 18.0. The lowest BCUT2D eigenvalue weighted by Gasteiger charge is -2.37. The van der Waals surface area contributed by atoms with Crippen LogP contribution in [0.4, 0.5) is 5.69 Å². The molecule has 1 aromatic rings. The Morgan fingerprint density at radius 2 is 1.90 bits per heavy atom. The van der Waals surface area contributed by atoms with Crippen molar-refractivity contribution in [2.24, 2.45) is 5.41 Å². The van der Waals surface area contributed by atoms with Gasteiger partial charge >= 0.3 is 0 Å². The largest absolute Gasteiger partial charge is 0.369 e. The van der Waals surface area contributed by atoms with Crippen molar-refractivity contribution in [1.29, 1.82) is 0 Å². The molecule has 2 amide bonds. The van der Waals surface area contributed by atoms with Gasteiger partial charge in [0.05, 0.1) is 5.41 Å². The van der Waals surface area contributed by atoms with Gasteiger partial charge in [-0.25, -0.2) is 0 Å². The molecule has 29 heavy (non-hydrogen) atoms. The highest BCUT2D eigenvalue weighted by atomic mass is 35.5. The van der Waals surface area contributed by atoms with Crippen molar-refractivity contribution in [2.45, 2.75) is 38.6 Å². The SMILES string of the molecule is CC(=O)N1CCC2(CC1)CC(CCN1CCN(c3cccc(Cl)c3)CC1)NC2=O. The molecule has 4 rings (SSSR count). The summed E-state index contributed by atoms with van der Waals surface area (Å²) < 4.78 is 0. The molecule has 0 saturated carbocycles. The topological polar surface area (TPSA) is 55.9 Å². The number of likely N-dealkylation sites (tertiary alicyclic amines) is 1. The van der Waals surface area contributed by atoms with Gasteiger partial charge in [0.15, 0.2) is 0 Å². The lowest BCUT2D eigenvalue weighted by molar-refractivity contribution is -0.136. The Morgan fingerprint density at radius 1 is 1.17 bits per heavy atom. The number of benzene rings is 1. The van der Waals surface area contributed by atoms with Crippen LogP contribution >= 0.6 is 11.6 Å². The number of halogens is 1. The van der Waals surface area contributed by atoms with Crippen molar-refractivity contribution in [3.63, 3.8) is 0 Å². The van der Waals surface area contributed by atoms with Crippen molar-refractivity contribution in [3.8, 4) is 0 Å². The van der Waals surface area contributed by atoms with E-state index in [-0.39, 0.29) is 23.3 Å². The number of anilines is 1. The predicted molar refractivity (Wildman–Crippen MR) is 115 cm³/mol. The van der Waals surface area contributed by atoms with E-state index in [0.717, 1.165) is 63.4 Å². The van der Waals surface area contributed by atoms with E-state index >= 15 is 0 Å². The van der Waals surface area contributed by atoms with Gasteiger partial charge in [0.2, 0.25) is 11.8 Å². The van der Waals surface area contributed by atoms with Gasteiger partial charge < -0.3 is 15.1 Å². The average molecular weight is 419 g/mol. The van der Waals surface area contributed by atoms with Gasteiger partial charge in [0.25, 0.3) is 0 Å². The van der Waals surface area contributed by atoms with Crippen molar-refractivity contribution < 1.29 is 9.59 Å². The fourth-order valence-corrected chi connectivity index (χ4v) is 5.23. The van der Waals surface area contributed by atoms with E-state index in [4.69, 9.17) is 11.6 Å². The van der Waals surface area contributed by atoms with Crippen LogP contribution in [0, 0.1) is 5.41 Å². The minimum absolute atomic E-state index is 0.117. The van der Waals surface area contributed by atoms with E-state index in [2.05, 4.69) is 21.2 Å². The second-order valence-corrected chi connectivity index (χ2v) is 9.19. The molecule has 1 atom stereocenters. The van der Waals surface area contributed by atoms with Crippen LogP contribution in [0.3, 0.4) is 0 Å². The van der Waals surface area contributed by atoms with Crippen LogP contribution in [0.15, 0.2) is 24.3 Å². The lowest BCUT2D eigenvalue weighted by Crippen LogP contribution is -2.47. The Balaban J connectivity index is 1.23. The summed E-state index contributed by atoms with van der Waals surface area (Å²) in [6, 6.07) is 8.32. The molecule has 0 bridgehead atoms. The summed E-state index contributed by atoms with van der Waals surface area (Å²) >= 11 is 6.12. The summed E-state index contributed by atoms with van der Waals surface area (Å²) in [7, 11) is 0. The highest BCUT2D eigenvalue weighted by Crippen LogP contribution is 2.41. The van der Waals surface area contributed by atoms with Gasteiger partial charge in [0, 0.05) is 69.5 Å². The van der Waals surface area contributed by atoms with E-state index in [1.807, 2.05) is 23.1 Å². The number of piperidine rings is 1. The van der Waals surface area contributed by atoms with Crippen LogP contribution in [0.25, 0.3) is 0 Å². The van der Waals surface area contributed by atoms with Crippen LogP contribution in [-0.2, 0) is 9.59 Å². The van der Waals surface area contributed by atoms with Crippen molar-refractivity contribution >= 4 is 29.1 Å². The number of carbonyl (C=O) groups excluding carboxylic acids is 2. The molecule has 3 saturated heterocycles. The Labute approximate surface area is 178 Å². The second kappa shape index (κ2) is 8.52. The number of rotatable bonds is 4. The first kappa shape index (κ1) is 20.5. The molecule has 3 heterocycles. The number of hydrogen-bond donors (Lipinski definition) is 1. The molecule has 1 N–H and O–H groups in total. The molecule has 6 nitrogen and oxygen atoms in total. The first-order chi connectivity index (χ1) is 13.9. The van der Waals surface area contributed by atoms with Crippen LogP contribution in [-0.4, -0.2) is 73.5 Å². The van der Waals surface area contributed by atoms with Gasteiger partial charge in [-0.1, -0.05) is 17.7 Å². The Hall–Kier alpha value is -1.79. The quantitative estimate of drug-likeness (QED) is 0.815. The monoisotopic (exact) mass is 418 g/mol. The molecule has 1 unspecified atom stereocenters. The maximum absolute atomic E-state index is 12.7. The minimum atomic E-state index is -0.248. The maximum atomic E-state index is 12.7. The molecule has 3 aliphatic heterocycles. The summed E-state index contributed by atoms with van der Waals surface area (Å²) in [6.07, 6.45) is 3.52. The summed E-state index contributed by atoms with van der Waals surface area (Å²) in [6.45, 7) is 8.12. The molecule has 0 radical (unpaired) electrons. The van der Waals surface area contributed by atoms with E-state index in [0.29, 0.717) is 13.1 Å².